The van der Waals surface area contributed by atoms with Gasteiger partial charge in [0.1, 0.15) is 11.3 Å². The van der Waals surface area contributed by atoms with Crippen LogP contribution in [0.25, 0.3) is 0 Å². The number of aromatic hydroxyl groups is 1. The first-order chi connectivity index (χ1) is 12.5. The molecule has 0 amide bonds. The van der Waals surface area contributed by atoms with Gasteiger partial charge in [-0.3, -0.25) is 0 Å². The molecule has 0 aliphatic carbocycles. The molecule has 0 unspecified atom stereocenters. The molecule has 0 radical (unpaired) electrons. The highest BCUT2D eigenvalue weighted by atomic mass is 32.1. The van der Waals surface area contributed by atoms with Gasteiger partial charge in [-0.05, 0) is 44.0 Å². The third-order valence-electron chi connectivity index (χ3n) is 4.17. The molecule has 0 spiro atoms. The second-order valence-corrected chi connectivity index (χ2v) is 6.55. The van der Waals surface area contributed by atoms with E-state index in [0.29, 0.717) is 6.04 Å². The van der Waals surface area contributed by atoms with Gasteiger partial charge in [0.05, 0.1) is 11.0 Å². The van der Waals surface area contributed by atoms with Gasteiger partial charge in [-0.25, -0.2) is 4.79 Å². The molecule has 138 valence electrons. The molecule has 0 saturated carbocycles. The van der Waals surface area contributed by atoms with E-state index in [9.17, 15) is 4.79 Å². The summed E-state index contributed by atoms with van der Waals surface area (Å²) in [6.45, 7) is 3.24. The van der Waals surface area contributed by atoms with Crippen molar-refractivity contribution in [1.82, 2.24) is 10.6 Å². The molecule has 1 aliphatic rings. The van der Waals surface area contributed by atoms with Crippen LogP contribution in [0.4, 0.5) is 0 Å². The molecule has 4 N–H and O–H groups in total. The number of hydrogen-bond donors (Lipinski definition) is 4. The zero-order chi connectivity index (χ0) is 18.9. The van der Waals surface area contributed by atoms with Crippen LogP contribution in [0.3, 0.4) is 0 Å². The zero-order valence-corrected chi connectivity index (χ0v) is 15.5. The first-order valence-electron chi connectivity index (χ1n) is 8.59. The summed E-state index contributed by atoms with van der Waals surface area (Å²) in [5, 5.41) is 24.1. The van der Waals surface area contributed by atoms with Crippen molar-refractivity contribution in [2.24, 2.45) is 0 Å². The number of aromatic carboxylic acids is 1. The second kappa shape index (κ2) is 9.89. The minimum absolute atomic E-state index is 0.0671. The number of carboxylic acid groups (broad SMARTS) is 1. The lowest BCUT2D eigenvalue weighted by atomic mass is 10.1. The Morgan fingerprint density at radius 3 is 2.38 bits per heavy atom. The van der Waals surface area contributed by atoms with Gasteiger partial charge in [0.15, 0.2) is 0 Å². The van der Waals surface area contributed by atoms with Crippen molar-refractivity contribution in [2.75, 3.05) is 6.54 Å². The van der Waals surface area contributed by atoms with Crippen molar-refractivity contribution in [3.05, 3.63) is 65.7 Å². The number of hydrogen-bond acceptors (Lipinski definition) is 4. The van der Waals surface area contributed by atoms with Gasteiger partial charge in [0.2, 0.25) is 0 Å². The first kappa shape index (κ1) is 19.9. The molecular formula is C20H24N2O3S. The Balaban J connectivity index is 0.000000209. The first-order valence-corrected chi connectivity index (χ1v) is 9.00. The van der Waals surface area contributed by atoms with Crippen LogP contribution in [0.5, 0.6) is 5.75 Å². The lowest BCUT2D eigenvalue weighted by Gasteiger charge is -2.20. The van der Waals surface area contributed by atoms with Crippen LogP contribution in [-0.4, -0.2) is 33.8 Å². The Kier molecular flexibility index (Phi) is 7.56. The lowest BCUT2D eigenvalue weighted by Crippen LogP contribution is -2.40. The lowest BCUT2D eigenvalue weighted by molar-refractivity contribution is 0.0693. The highest BCUT2D eigenvalue weighted by molar-refractivity contribution is 7.80. The molecule has 0 bridgehead atoms. The van der Waals surface area contributed by atoms with Crippen molar-refractivity contribution in [3.63, 3.8) is 0 Å². The Bertz CT molecular complexity index is 731. The van der Waals surface area contributed by atoms with E-state index in [1.165, 1.54) is 24.1 Å². The van der Waals surface area contributed by atoms with Crippen molar-refractivity contribution < 1.29 is 15.0 Å². The number of benzene rings is 2. The van der Waals surface area contributed by atoms with Crippen LogP contribution in [-0.2, 0) is 0 Å². The Labute approximate surface area is 159 Å². The highest BCUT2D eigenvalue weighted by Crippen LogP contribution is 2.15. The van der Waals surface area contributed by atoms with Crippen LogP contribution in [0.2, 0.25) is 0 Å². The fourth-order valence-electron chi connectivity index (χ4n) is 2.70. The van der Waals surface area contributed by atoms with Crippen LogP contribution >= 0.6 is 12.2 Å². The average molecular weight is 372 g/mol. The summed E-state index contributed by atoms with van der Waals surface area (Å²) >= 11 is 5.42. The molecule has 3 rings (SSSR count). The molecule has 1 heterocycles. The number of rotatable bonds is 4. The maximum absolute atomic E-state index is 10.3. The molecule has 2 aromatic rings. The van der Waals surface area contributed by atoms with E-state index in [-0.39, 0.29) is 17.4 Å². The Hall–Kier alpha value is -2.44. The van der Waals surface area contributed by atoms with Gasteiger partial charge in [-0.2, -0.15) is 0 Å². The summed E-state index contributed by atoms with van der Waals surface area (Å²) < 4.78 is 0. The van der Waals surface area contributed by atoms with Crippen molar-refractivity contribution in [2.45, 2.75) is 31.8 Å². The smallest absolute Gasteiger partial charge is 0.339 e. The fourth-order valence-corrected chi connectivity index (χ4v) is 3.08. The predicted octanol–water partition coefficient (Wildman–Crippen LogP) is 3.51. The molecule has 1 saturated heterocycles. The Morgan fingerprint density at radius 1 is 1.19 bits per heavy atom. The molecule has 26 heavy (non-hydrogen) atoms. The van der Waals surface area contributed by atoms with Crippen LogP contribution in [0.15, 0.2) is 54.6 Å². The summed E-state index contributed by atoms with van der Waals surface area (Å²) in [4.78, 5) is 11.2. The second-order valence-electron chi connectivity index (χ2n) is 6.11. The van der Waals surface area contributed by atoms with Gasteiger partial charge in [-0.15, -0.1) is 0 Å². The summed E-state index contributed by atoms with van der Waals surface area (Å²) in [6.07, 6.45) is 2.39. The maximum Gasteiger partial charge on any atom is 0.339 e. The van der Waals surface area contributed by atoms with Gasteiger partial charge < -0.3 is 20.8 Å². The Morgan fingerprint density at radius 2 is 1.85 bits per heavy atom. The van der Waals surface area contributed by atoms with E-state index < -0.39 is 5.97 Å². The minimum Gasteiger partial charge on any atom is -0.507 e. The van der Waals surface area contributed by atoms with E-state index >= 15 is 0 Å². The number of carboxylic acids is 1. The number of para-hydroxylation sites is 1. The minimum atomic E-state index is -1.11. The van der Waals surface area contributed by atoms with Crippen molar-refractivity contribution >= 4 is 23.2 Å². The molecule has 5 nitrogen and oxygen atoms in total. The molecular weight excluding hydrogens is 348 g/mol. The van der Waals surface area contributed by atoms with E-state index in [2.05, 4.69) is 41.8 Å². The van der Waals surface area contributed by atoms with E-state index in [1.807, 2.05) is 6.07 Å². The number of nitrogens with one attached hydrogen (secondary N) is 2. The molecule has 1 aliphatic heterocycles. The third kappa shape index (κ3) is 5.82. The average Bonchev–Trinajstić information content (AvgIpc) is 3.18. The van der Waals surface area contributed by atoms with Crippen molar-refractivity contribution in [3.8, 4) is 5.75 Å². The quantitative estimate of drug-likeness (QED) is 0.615. The van der Waals surface area contributed by atoms with Gasteiger partial charge in [0, 0.05) is 6.04 Å². The molecule has 0 aromatic heterocycles. The fraction of sp³-hybridized carbons (Fsp3) is 0.300. The van der Waals surface area contributed by atoms with Crippen LogP contribution in [0.1, 0.15) is 41.7 Å². The molecule has 2 aromatic carbocycles. The molecule has 1 fully saturated rings. The largest absolute Gasteiger partial charge is 0.507 e. The standard InChI is InChI=1S/C13H18N2S.C7H6O3/c1-10(11-6-3-2-4-7-11)15-13(16)12-8-5-9-14-12;8-6-4-2-1-3-5(6)7(9)10/h2-4,6-7,10,12,14H,5,8-9H2,1H3,(H,15,16);1-4,8H,(H,9,10)/t10-,12+;/m1./s1. The predicted molar refractivity (Wildman–Crippen MR) is 107 cm³/mol. The molecule has 2 atom stereocenters. The molecule has 6 heteroatoms. The van der Waals surface area contributed by atoms with Gasteiger partial charge in [-0.1, -0.05) is 54.7 Å². The topological polar surface area (TPSA) is 81.6 Å². The number of phenols is 1. The van der Waals surface area contributed by atoms with E-state index in [0.717, 1.165) is 18.0 Å². The summed E-state index contributed by atoms with van der Waals surface area (Å²) in [7, 11) is 0. The maximum atomic E-state index is 10.3. The van der Waals surface area contributed by atoms with E-state index in [1.54, 1.807) is 12.1 Å². The van der Waals surface area contributed by atoms with Gasteiger partial charge >= 0.3 is 5.97 Å². The van der Waals surface area contributed by atoms with Crippen LogP contribution < -0.4 is 10.6 Å². The highest BCUT2D eigenvalue weighted by Gasteiger charge is 2.19. The summed E-state index contributed by atoms with van der Waals surface area (Å²) in [6, 6.07) is 16.9. The normalized spacial score (nSPS) is 16.9. The van der Waals surface area contributed by atoms with Crippen molar-refractivity contribution in [1.29, 1.82) is 0 Å². The zero-order valence-electron chi connectivity index (χ0n) is 14.7. The number of carbonyl (C=O) groups is 1. The van der Waals surface area contributed by atoms with Crippen LogP contribution in [0, 0.1) is 0 Å². The summed E-state index contributed by atoms with van der Waals surface area (Å²) in [5.74, 6) is -1.31. The van der Waals surface area contributed by atoms with E-state index in [4.69, 9.17) is 22.4 Å². The van der Waals surface area contributed by atoms with Gasteiger partial charge in [0.25, 0.3) is 0 Å². The monoisotopic (exact) mass is 372 g/mol. The summed E-state index contributed by atoms with van der Waals surface area (Å²) in [5.41, 5.74) is 1.21. The number of thiocarbonyl (C=S) groups is 1. The third-order valence-corrected chi connectivity index (χ3v) is 4.57. The SMILES string of the molecule is C[C@@H](NC(=S)[C@@H]1CCCN1)c1ccccc1.O=C(O)c1ccccc1O.